The minimum absolute atomic E-state index is 0.00221. The van der Waals surface area contributed by atoms with E-state index in [1.807, 2.05) is 0 Å². The van der Waals surface area contributed by atoms with E-state index in [1.165, 1.54) is 26.2 Å². The van der Waals surface area contributed by atoms with Crippen molar-refractivity contribution in [3.63, 3.8) is 0 Å². The number of hydrogen-bond donors (Lipinski definition) is 0. The van der Waals surface area contributed by atoms with Crippen LogP contribution < -0.4 is 9.47 Å². The summed E-state index contributed by atoms with van der Waals surface area (Å²) in [6, 6.07) is 4.50. The Balaban J connectivity index is 1.34. The SMILES string of the molecule is CO[C@@]12Oc3c4c(cc(C)c3[C@H]3O[C@](C5OCCCO5)(O[C@@H]31)[C@]21CO1)C(=O)c1ccc(Cl)c(OC(C)=O)c1C4=O. The Bertz CT molecular complexity index is 1560. The van der Waals surface area contributed by atoms with Crippen molar-refractivity contribution < 1.29 is 52.3 Å². The van der Waals surface area contributed by atoms with Crippen molar-refractivity contribution in [2.24, 2.45) is 0 Å². The molecular formula is C28H23ClO11. The molecule has 4 fully saturated rings. The van der Waals surface area contributed by atoms with Crippen LogP contribution in [0.2, 0.25) is 5.02 Å². The van der Waals surface area contributed by atoms with Gasteiger partial charge in [-0.1, -0.05) is 11.6 Å². The summed E-state index contributed by atoms with van der Waals surface area (Å²) in [6.45, 7) is 4.07. The highest BCUT2D eigenvalue weighted by Crippen LogP contribution is 2.71. The molecule has 2 aromatic rings. The molecule has 5 atom stereocenters. The average molecular weight is 571 g/mol. The number of carbonyl (C=O) groups excluding carboxylic acids is 3. The van der Waals surface area contributed by atoms with Crippen LogP contribution in [0.1, 0.15) is 62.4 Å². The highest BCUT2D eigenvalue weighted by atomic mass is 35.5. The van der Waals surface area contributed by atoms with Gasteiger partial charge in [0.05, 0.1) is 36.0 Å². The van der Waals surface area contributed by atoms with E-state index in [4.69, 9.17) is 49.5 Å². The van der Waals surface area contributed by atoms with Crippen LogP contribution in [-0.4, -0.2) is 74.0 Å². The van der Waals surface area contributed by atoms with E-state index in [1.54, 1.807) is 13.0 Å². The quantitative estimate of drug-likeness (QED) is 0.262. The molecule has 40 heavy (non-hydrogen) atoms. The van der Waals surface area contributed by atoms with E-state index in [2.05, 4.69) is 0 Å². The lowest BCUT2D eigenvalue weighted by molar-refractivity contribution is -0.365. The molecule has 8 rings (SSSR count). The number of fused-ring (bicyclic) bond motifs is 8. The first-order valence-corrected chi connectivity index (χ1v) is 13.3. The third kappa shape index (κ3) is 2.69. The van der Waals surface area contributed by atoms with Gasteiger partial charge in [-0.25, -0.2) is 0 Å². The van der Waals surface area contributed by atoms with Crippen LogP contribution in [0.5, 0.6) is 11.5 Å². The van der Waals surface area contributed by atoms with Gasteiger partial charge in [-0.05, 0) is 37.1 Å². The Labute approximate surface area is 232 Å². The largest absolute Gasteiger partial charge is 0.455 e. The number of rotatable bonds is 3. The van der Waals surface area contributed by atoms with Crippen LogP contribution in [-0.2, 0) is 33.2 Å². The van der Waals surface area contributed by atoms with Crippen molar-refractivity contribution in [2.75, 3.05) is 26.9 Å². The van der Waals surface area contributed by atoms with Gasteiger partial charge < -0.3 is 37.9 Å². The highest BCUT2D eigenvalue weighted by Gasteiger charge is 2.93. The van der Waals surface area contributed by atoms with Crippen molar-refractivity contribution >= 4 is 29.1 Å². The molecule has 208 valence electrons. The second kappa shape index (κ2) is 7.89. The fourth-order valence-electron chi connectivity index (χ4n) is 6.93. The molecule has 0 N–H and O–H groups in total. The zero-order valence-electron chi connectivity index (χ0n) is 21.7. The van der Waals surface area contributed by atoms with Gasteiger partial charge in [-0.15, -0.1) is 0 Å². The Hall–Kier alpha value is -2.90. The van der Waals surface area contributed by atoms with Gasteiger partial charge in [0.1, 0.15) is 11.9 Å². The molecule has 0 amide bonds. The molecule has 11 nitrogen and oxygen atoms in total. The van der Waals surface area contributed by atoms with Gasteiger partial charge in [-0.3, -0.25) is 14.4 Å². The molecular weight excluding hydrogens is 548 g/mol. The number of benzene rings is 2. The van der Waals surface area contributed by atoms with Gasteiger partial charge in [0.2, 0.25) is 17.7 Å². The third-order valence-corrected chi connectivity index (χ3v) is 8.91. The van der Waals surface area contributed by atoms with E-state index in [0.717, 1.165) is 6.42 Å². The van der Waals surface area contributed by atoms with E-state index in [0.29, 0.717) is 24.3 Å². The Morgan fingerprint density at radius 3 is 2.50 bits per heavy atom. The van der Waals surface area contributed by atoms with E-state index < -0.39 is 53.2 Å². The number of carbonyl (C=O) groups is 3. The molecule has 5 heterocycles. The molecule has 6 aliphatic rings. The predicted octanol–water partition coefficient (Wildman–Crippen LogP) is 2.78. The number of esters is 1. The van der Waals surface area contributed by atoms with E-state index in [-0.39, 0.29) is 45.4 Å². The number of ether oxygens (including phenoxy) is 8. The standard InChI is InChI=1S/C28H23ClO11/c1-11-9-14-18(20(32)17-13(19(14)31)5-6-15(29)21(17)37-12(2)30)22-16(11)23-24-27(33-3,38-22)26(10-36-26)28(39-23,40-24)25-34-7-4-8-35-25/h5-6,9,23-25H,4,7-8,10H2,1-3H3/t23-,24+,26+,27-,28-/m1/s1. The summed E-state index contributed by atoms with van der Waals surface area (Å²) in [6.07, 6.45) is -1.70. The number of halogens is 1. The second-order valence-corrected chi connectivity index (χ2v) is 11.1. The smallest absolute Gasteiger partial charge is 0.308 e. The van der Waals surface area contributed by atoms with Gasteiger partial charge in [0.15, 0.2) is 17.6 Å². The summed E-state index contributed by atoms with van der Waals surface area (Å²) in [5, 5.41) is 0.0167. The molecule has 0 saturated carbocycles. The van der Waals surface area contributed by atoms with Crippen molar-refractivity contribution in [1.82, 2.24) is 0 Å². The number of ketones is 2. The lowest BCUT2D eigenvalue weighted by Gasteiger charge is -2.50. The summed E-state index contributed by atoms with van der Waals surface area (Å²) >= 11 is 6.33. The molecule has 1 spiro atoms. The minimum Gasteiger partial charge on any atom is -0.455 e. The maximum atomic E-state index is 14.2. The van der Waals surface area contributed by atoms with Crippen LogP contribution in [0, 0.1) is 6.92 Å². The molecule has 2 aromatic carbocycles. The fourth-order valence-corrected chi connectivity index (χ4v) is 7.12. The molecule has 4 saturated heterocycles. The third-order valence-electron chi connectivity index (χ3n) is 8.62. The first-order chi connectivity index (χ1) is 19.2. The lowest BCUT2D eigenvalue weighted by atomic mass is 9.75. The number of aryl methyl sites for hydroxylation is 1. The molecule has 1 aliphatic carbocycles. The van der Waals surface area contributed by atoms with Crippen molar-refractivity contribution in [3.05, 3.63) is 56.6 Å². The molecule has 0 radical (unpaired) electrons. The maximum Gasteiger partial charge on any atom is 0.308 e. The first-order valence-electron chi connectivity index (χ1n) is 12.9. The molecule has 12 heteroatoms. The second-order valence-electron chi connectivity index (χ2n) is 10.7. The Kier molecular flexibility index (Phi) is 4.90. The van der Waals surface area contributed by atoms with Crippen LogP contribution >= 0.6 is 11.6 Å². The highest BCUT2D eigenvalue weighted by molar-refractivity contribution is 6.36. The van der Waals surface area contributed by atoms with E-state index >= 15 is 0 Å². The fraction of sp³-hybridized carbons (Fsp3) is 0.464. The normalized spacial score (nSPS) is 34.8. The van der Waals surface area contributed by atoms with Crippen molar-refractivity contribution in [3.8, 4) is 11.5 Å². The number of epoxide rings is 1. The topological polar surface area (TPSA) is 128 Å². The van der Waals surface area contributed by atoms with Crippen molar-refractivity contribution in [2.45, 2.75) is 55.9 Å². The summed E-state index contributed by atoms with van der Waals surface area (Å²) in [4.78, 5) is 39.9. The lowest BCUT2D eigenvalue weighted by Crippen LogP contribution is -2.70. The summed E-state index contributed by atoms with van der Waals surface area (Å²) < 4.78 is 49.1. The number of methoxy groups -OCH3 is 1. The summed E-state index contributed by atoms with van der Waals surface area (Å²) in [7, 11) is 1.47. The minimum atomic E-state index is -1.54. The van der Waals surface area contributed by atoms with Gasteiger partial charge >= 0.3 is 5.97 Å². The average Bonchev–Trinajstić information content (AvgIpc) is 3.59. The predicted molar refractivity (Wildman–Crippen MR) is 132 cm³/mol. The monoisotopic (exact) mass is 570 g/mol. The zero-order chi connectivity index (χ0) is 27.8. The molecule has 2 bridgehead atoms. The van der Waals surface area contributed by atoms with Crippen molar-refractivity contribution in [1.29, 1.82) is 0 Å². The summed E-state index contributed by atoms with van der Waals surface area (Å²) in [5.41, 5.74) is 0.0371. The zero-order valence-corrected chi connectivity index (χ0v) is 22.4. The Morgan fingerprint density at radius 2 is 1.82 bits per heavy atom. The van der Waals surface area contributed by atoms with Crippen LogP contribution in [0.25, 0.3) is 0 Å². The van der Waals surface area contributed by atoms with Crippen LogP contribution in [0.15, 0.2) is 18.2 Å². The van der Waals surface area contributed by atoms with Crippen LogP contribution in [0.4, 0.5) is 0 Å². The van der Waals surface area contributed by atoms with E-state index in [9.17, 15) is 14.4 Å². The van der Waals surface area contributed by atoms with Gasteiger partial charge in [-0.2, -0.15) is 0 Å². The molecule has 0 unspecified atom stereocenters. The first kappa shape index (κ1) is 24.9. The van der Waals surface area contributed by atoms with Gasteiger partial charge in [0, 0.05) is 30.7 Å². The molecule has 5 aliphatic heterocycles. The number of hydrogen-bond acceptors (Lipinski definition) is 11. The Morgan fingerprint density at radius 1 is 1.07 bits per heavy atom. The summed E-state index contributed by atoms with van der Waals surface area (Å²) in [5.74, 6) is -4.78. The maximum absolute atomic E-state index is 14.2. The molecule has 0 aromatic heterocycles. The van der Waals surface area contributed by atoms with Crippen LogP contribution in [0.3, 0.4) is 0 Å². The van der Waals surface area contributed by atoms with Gasteiger partial charge in [0.25, 0.3) is 11.6 Å².